The van der Waals surface area contributed by atoms with Crippen molar-refractivity contribution in [3.05, 3.63) is 45.5 Å². The quantitative estimate of drug-likeness (QED) is 0.589. The minimum atomic E-state index is -1.20. The summed E-state index contributed by atoms with van der Waals surface area (Å²) in [5.74, 6) is -1.20. The Hall–Kier alpha value is -2.21. The van der Waals surface area contributed by atoms with Gasteiger partial charge in [0.1, 0.15) is 0 Å². The van der Waals surface area contributed by atoms with Gasteiger partial charge < -0.3 is 10.8 Å². The second-order valence-corrected chi connectivity index (χ2v) is 2.97. The average molecular weight is 222 g/mol. The minimum Gasteiger partial charge on any atom is -0.478 e. The lowest BCUT2D eigenvalue weighted by molar-refractivity contribution is -0.385. The molecule has 0 atom stereocenters. The molecule has 0 radical (unpaired) electrons. The summed E-state index contributed by atoms with van der Waals surface area (Å²) in [7, 11) is 0. The van der Waals surface area contributed by atoms with Crippen LogP contribution in [0.25, 0.3) is 6.08 Å². The molecule has 6 heteroatoms. The molecule has 1 aromatic rings. The van der Waals surface area contributed by atoms with Crippen LogP contribution in [0.4, 0.5) is 5.69 Å². The van der Waals surface area contributed by atoms with Crippen LogP contribution in [0.2, 0.25) is 0 Å². The third-order valence-electron chi connectivity index (χ3n) is 1.91. The number of aromatic carboxylic acids is 1. The molecule has 6 nitrogen and oxygen atoms in total. The molecule has 84 valence electrons. The molecule has 0 heterocycles. The molecule has 0 aromatic heterocycles. The Morgan fingerprint density at radius 3 is 2.75 bits per heavy atom. The van der Waals surface area contributed by atoms with Gasteiger partial charge in [0, 0.05) is 12.6 Å². The van der Waals surface area contributed by atoms with Crippen LogP contribution in [0.3, 0.4) is 0 Å². The van der Waals surface area contributed by atoms with E-state index >= 15 is 0 Å². The maximum Gasteiger partial charge on any atom is 0.335 e. The molecule has 0 unspecified atom stereocenters. The minimum absolute atomic E-state index is 0.114. The molecule has 3 N–H and O–H groups in total. The van der Waals surface area contributed by atoms with E-state index in [2.05, 4.69) is 0 Å². The first kappa shape index (κ1) is 11.9. The molecule has 1 rings (SSSR count). The number of nitrogens with zero attached hydrogens (tertiary/aromatic N) is 1. The van der Waals surface area contributed by atoms with Crippen LogP contribution in [0.1, 0.15) is 15.9 Å². The largest absolute Gasteiger partial charge is 0.478 e. The standard InChI is InChI=1S/C10H10N2O4/c11-5-1-2-7-3-4-8(10(13)14)6-9(7)12(15)16/h1-4,6H,5,11H2,(H,13,14). The Kier molecular flexibility index (Phi) is 3.73. The van der Waals surface area contributed by atoms with E-state index in [9.17, 15) is 14.9 Å². The first-order valence-corrected chi connectivity index (χ1v) is 4.44. The van der Waals surface area contributed by atoms with Crippen LogP contribution in [0, 0.1) is 10.1 Å². The van der Waals surface area contributed by atoms with E-state index in [0.717, 1.165) is 6.07 Å². The predicted octanol–water partition coefficient (Wildman–Crippen LogP) is 1.26. The molecule has 0 saturated heterocycles. The Morgan fingerprint density at radius 1 is 1.56 bits per heavy atom. The van der Waals surface area contributed by atoms with Crippen LogP contribution in [0.5, 0.6) is 0 Å². The maximum absolute atomic E-state index is 10.7. The molecule has 0 bridgehead atoms. The number of hydrogen-bond acceptors (Lipinski definition) is 4. The molecule has 0 aliphatic carbocycles. The smallest absolute Gasteiger partial charge is 0.335 e. The fraction of sp³-hybridized carbons (Fsp3) is 0.100. The van der Waals surface area contributed by atoms with Gasteiger partial charge in [0.25, 0.3) is 5.69 Å². The lowest BCUT2D eigenvalue weighted by Gasteiger charge is -1.99. The molecular weight excluding hydrogens is 212 g/mol. The number of carbonyl (C=O) groups is 1. The van der Waals surface area contributed by atoms with Gasteiger partial charge >= 0.3 is 5.97 Å². The van der Waals surface area contributed by atoms with Gasteiger partial charge in [0.15, 0.2) is 0 Å². The van der Waals surface area contributed by atoms with Gasteiger partial charge in [0.05, 0.1) is 16.1 Å². The normalized spacial score (nSPS) is 10.6. The predicted molar refractivity (Wildman–Crippen MR) is 58.1 cm³/mol. The third-order valence-corrected chi connectivity index (χ3v) is 1.91. The maximum atomic E-state index is 10.7. The molecule has 0 saturated carbocycles. The van der Waals surface area contributed by atoms with Crippen LogP contribution < -0.4 is 5.73 Å². The van der Waals surface area contributed by atoms with Crippen LogP contribution in [-0.4, -0.2) is 22.5 Å². The fourth-order valence-corrected chi connectivity index (χ4v) is 1.17. The molecule has 0 aliphatic rings. The molecule has 1 aromatic carbocycles. The fourth-order valence-electron chi connectivity index (χ4n) is 1.17. The number of nitrogens with two attached hydrogens (primary N) is 1. The SMILES string of the molecule is NCC=Cc1ccc(C(=O)O)cc1[N+](=O)[O-]. The van der Waals surface area contributed by atoms with Crippen molar-refractivity contribution in [2.75, 3.05) is 6.54 Å². The van der Waals surface area contributed by atoms with Crippen molar-refractivity contribution in [2.45, 2.75) is 0 Å². The van der Waals surface area contributed by atoms with E-state index in [4.69, 9.17) is 10.8 Å². The van der Waals surface area contributed by atoms with Gasteiger partial charge in [-0.25, -0.2) is 4.79 Å². The molecule has 0 amide bonds. The van der Waals surface area contributed by atoms with E-state index in [-0.39, 0.29) is 17.8 Å². The molecular formula is C10H10N2O4. The topological polar surface area (TPSA) is 106 Å². The third kappa shape index (κ3) is 2.64. The summed E-state index contributed by atoms with van der Waals surface area (Å²) in [5, 5.41) is 19.4. The zero-order valence-electron chi connectivity index (χ0n) is 8.29. The molecule has 0 aliphatic heterocycles. The first-order chi connectivity index (χ1) is 7.56. The highest BCUT2D eigenvalue weighted by Crippen LogP contribution is 2.21. The van der Waals surface area contributed by atoms with Gasteiger partial charge in [-0.05, 0) is 12.1 Å². The summed E-state index contributed by atoms with van der Waals surface area (Å²) in [6, 6.07) is 3.72. The van der Waals surface area contributed by atoms with Crippen molar-refractivity contribution in [2.24, 2.45) is 5.73 Å². The van der Waals surface area contributed by atoms with Gasteiger partial charge in [-0.15, -0.1) is 0 Å². The molecule has 0 spiro atoms. The van der Waals surface area contributed by atoms with Gasteiger partial charge in [-0.1, -0.05) is 12.2 Å². The van der Waals surface area contributed by atoms with Crippen LogP contribution >= 0.6 is 0 Å². The highest BCUT2D eigenvalue weighted by atomic mass is 16.6. The highest BCUT2D eigenvalue weighted by molar-refractivity contribution is 5.89. The number of hydrogen-bond donors (Lipinski definition) is 2. The van der Waals surface area contributed by atoms with Crippen molar-refractivity contribution in [3.8, 4) is 0 Å². The number of nitro groups is 1. The van der Waals surface area contributed by atoms with E-state index in [1.54, 1.807) is 6.08 Å². The van der Waals surface area contributed by atoms with Gasteiger partial charge in [0.2, 0.25) is 0 Å². The number of carboxylic acid groups (broad SMARTS) is 1. The summed E-state index contributed by atoms with van der Waals surface area (Å²) >= 11 is 0. The van der Waals surface area contributed by atoms with Gasteiger partial charge in [-0.3, -0.25) is 10.1 Å². The van der Waals surface area contributed by atoms with E-state index in [1.807, 2.05) is 0 Å². The summed E-state index contributed by atoms with van der Waals surface area (Å²) in [6.45, 7) is 0.262. The van der Waals surface area contributed by atoms with Crippen molar-refractivity contribution >= 4 is 17.7 Å². The Balaban J connectivity index is 3.24. The average Bonchev–Trinajstić information content (AvgIpc) is 2.25. The lowest BCUT2D eigenvalue weighted by Crippen LogP contribution is -2.00. The highest BCUT2D eigenvalue weighted by Gasteiger charge is 2.15. The zero-order chi connectivity index (χ0) is 12.1. The summed E-state index contributed by atoms with van der Waals surface area (Å²) in [6.07, 6.45) is 3.05. The second-order valence-electron chi connectivity index (χ2n) is 2.97. The van der Waals surface area contributed by atoms with Crippen molar-refractivity contribution < 1.29 is 14.8 Å². The van der Waals surface area contributed by atoms with Crippen molar-refractivity contribution in [3.63, 3.8) is 0 Å². The number of nitro benzene ring substituents is 1. The Morgan fingerprint density at radius 2 is 2.25 bits per heavy atom. The second kappa shape index (κ2) is 5.04. The molecule has 0 fully saturated rings. The Labute approximate surface area is 91.2 Å². The lowest BCUT2D eigenvalue weighted by atomic mass is 10.1. The number of benzene rings is 1. The molecule has 16 heavy (non-hydrogen) atoms. The van der Waals surface area contributed by atoms with Crippen LogP contribution in [-0.2, 0) is 0 Å². The van der Waals surface area contributed by atoms with E-state index in [0.29, 0.717) is 5.56 Å². The van der Waals surface area contributed by atoms with Crippen molar-refractivity contribution in [1.82, 2.24) is 0 Å². The zero-order valence-corrected chi connectivity index (χ0v) is 8.29. The first-order valence-electron chi connectivity index (χ1n) is 4.44. The van der Waals surface area contributed by atoms with Crippen LogP contribution in [0.15, 0.2) is 24.3 Å². The number of carboxylic acids is 1. The van der Waals surface area contributed by atoms with E-state index < -0.39 is 10.9 Å². The Bertz CT molecular complexity index is 454. The van der Waals surface area contributed by atoms with Gasteiger partial charge in [-0.2, -0.15) is 0 Å². The summed E-state index contributed by atoms with van der Waals surface area (Å²) in [4.78, 5) is 20.7. The summed E-state index contributed by atoms with van der Waals surface area (Å²) < 4.78 is 0. The summed E-state index contributed by atoms with van der Waals surface area (Å²) in [5.41, 5.74) is 5.20. The van der Waals surface area contributed by atoms with E-state index in [1.165, 1.54) is 18.2 Å². The van der Waals surface area contributed by atoms with Crippen molar-refractivity contribution in [1.29, 1.82) is 0 Å². The number of rotatable bonds is 4. The monoisotopic (exact) mass is 222 g/mol.